The summed E-state index contributed by atoms with van der Waals surface area (Å²) in [5, 5.41) is 18.4. The fourth-order valence-corrected chi connectivity index (χ4v) is 5.39. The summed E-state index contributed by atoms with van der Waals surface area (Å²) in [5.41, 5.74) is 3.64. The molecule has 2 aromatic rings. The van der Waals surface area contributed by atoms with Gasteiger partial charge in [0.2, 0.25) is 0 Å². The number of hydrazone groups is 1. The fraction of sp³-hybridized carbons (Fsp3) is 0.536. The van der Waals surface area contributed by atoms with Crippen LogP contribution in [-0.4, -0.2) is 56.1 Å². The normalized spacial score (nSPS) is 19.8. The molecule has 0 fully saturated rings. The monoisotopic (exact) mass is 559 g/mol. The van der Waals surface area contributed by atoms with Gasteiger partial charge < -0.3 is 5.32 Å². The van der Waals surface area contributed by atoms with Crippen LogP contribution in [0.15, 0.2) is 39.9 Å². The van der Waals surface area contributed by atoms with Crippen molar-refractivity contribution in [3.8, 4) is 0 Å². The molecule has 2 aliphatic rings. The minimum atomic E-state index is -4.12. The number of rotatable bonds is 11. The van der Waals surface area contributed by atoms with E-state index >= 15 is 0 Å². The number of aromatic nitrogens is 4. The van der Waals surface area contributed by atoms with Crippen molar-refractivity contribution in [3.05, 3.63) is 57.1 Å². The standard InChI is InChI=1S/C28H36F3N7O2/c1-19(18-37(32-3)15-9-5-4-8-14-28(29,30)31)27(2)17-23(22-13-12-20-10-6-7-11-21(20)16-22)24(25(39)33-27)38-26(40)34-35-36-38/h12-13,16,18H,3-11,14-15,17H2,1-2H3,(H,33,39)(H,34,36,40)/b19-18+/t27-/m0/s1. The number of carbonyl (C=O) groups excluding carboxylic acids is 1. The van der Waals surface area contributed by atoms with Gasteiger partial charge in [0.15, 0.2) is 0 Å². The number of aryl methyl sites for hydroxylation is 2. The van der Waals surface area contributed by atoms with E-state index in [2.05, 4.69) is 44.8 Å². The predicted octanol–water partition coefficient (Wildman–Crippen LogP) is 4.83. The number of fused-ring (bicyclic) bond motifs is 1. The van der Waals surface area contributed by atoms with E-state index in [1.807, 2.05) is 19.9 Å². The van der Waals surface area contributed by atoms with Crippen LogP contribution in [0.3, 0.4) is 0 Å². The summed E-state index contributed by atoms with van der Waals surface area (Å²) in [6.45, 7) is 7.92. The Bertz CT molecular complexity index is 1360. The lowest BCUT2D eigenvalue weighted by atomic mass is 9.79. The van der Waals surface area contributed by atoms with Gasteiger partial charge in [0.1, 0.15) is 5.70 Å². The number of hydrogen-bond donors (Lipinski definition) is 2. The summed E-state index contributed by atoms with van der Waals surface area (Å²) in [6.07, 6.45) is 3.45. The second-order valence-electron chi connectivity index (χ2n) is 10.8. The molecule has 4 rings (SSSR count). The molecular weight excluding hydrogens is 523 g/mol. The number of H-pyrrole nitrogens is 1. The van der Waals surface area contributed by atoms with Gasteiger partial charge in [0.05, 0.1) is 5.54 Å². The average molecular weight is 560 g/mol. The average Bonchev–Trinajstić information content (AvgIpc) is 3.33. The highest BCUT2D eigenvalue weighted by Gasteiger charge is 2.39. The Labute approximate surface area is 231 Å². The van der Waals surface area contributed by atoms with Crippen LogP contribution in [0.5, 0.6) is 0 Å². The Morgan fingerprint density at radius 1 is 1.18 bits per heavy atom. The lowest BCUT2D eigenvalue weighted by molar-refractivity contribution is -0.135. The largest absolute Gasteiger partial charge is 0.389 e. The number of unbranched alkanes of at least 4 members (excludes halogenated alkanes) is 3. The predicted molar refractivity (Wildman–Crippen MR) is 147 cm³/mol. The maximum absolute atomic E-state index is 13.6. The molecule has 0 radical (unpaired) electrons. The molecule has 0 unspecified atom stereocenters. The zero-order chi connectivity index (χ0) is 28.9. The second kappa shape index (κ2) is 12.2. The molecule has 1 amide bonds. The molecule has 0 bridgehead atoms. The van der Waals surface area contributed by atoms with Crippen molar-refractivity contribution in [3.63, 3.8) is 0 Å². The van der Waals surface area contributed by atoms with Gasteiger partial charge in [-0.1, -0.05) is 31.0 Å². The zero-order valence-electron chi connectivity index (χ0n) is 23.0. The maximum atomic E-state index is 13.6. The van der Waals surface area contributed by atoms with Gasteiger partial charge in [-0.25, -0.2) is 9.89 Å². The van der Waals surface area contributed by atoms with E-state index in [1.165, 1.54) is 11.1 Å². The van der Waals surface area contributed by atoms with Crippen LogP contribution in [0.2, 0.25) is 0 Å². The quantitative estimate of drug-likeness (QED) is 0.233. The Morgan fingerprint density at radius 2 is 1.90 bits per heavy atom. The molecule has 1 aliphatic carbocycles. The van der Waals surface area contributed by atoms with Gasteiger partial charge in [0.25, 0.3) is 5.91 Å². The van der Waals surface area contributed by atoms with Gasteiger partial charge in [0, 0.05) is 32.3 Å². The first-order valence-electron chi connectivity index (χ1n) is 13.7. The first-order chi connectivity index (χ1) is 19.0. The summed E-state index contributed by atoms with van der Waals surface area (Å²) in [6, 6.07) is 6.22. The van der Waals surface area contributed by atoms with E-state index in [9.17, 15) is 22.8 Å². The second-order valence-corrected chi connectivity index (χ2v) is 10.8. The minimum Gasteiger partial charge on any atom is -0.341 e. The summed E-state index contributed by atoms with van der Waals surface area (Å²) in [5.74, 6) is -0.451. The van der Waals surface area contributed by atoms with Crippen molar-refractivity contribution in [2.24, 2.45) is 5.10 Å². The number of hydrogen-bond acceptors (Lipinski definition) is 6. The number of alkyl halides is 3. The maximum Gasteiger partial charge on any atom is 0.389 e. The molecule has 9 nitrogen and oxygen atoms in total. The molecule has 1 aromatic carbocycles. The number of nitrogens with one attached hydrogen (secondary N) is 2. The Balaban J connectivity index is 1.57. The highest BCUT2D eigenvalue weighted by molar-refractivity contribution is 6.23. The van der Waals surface area contributed by atoms with Crippen LogP contribution >= 0.6 is 0 Å². The number of aromatic amines is 1. The molecule has 40 heavy (non-hydrogen) atoms. The van der Waals surface area contributed by atoms with Crippen molar-refractivity contribution in [1.82, 2.24) is 30.5 Å². The molecule has 0 saturated heterocycles. The van der Waals surface area contributed by atoms with Gasteiger partial charge in [-0.15, -0.1) is 0 Å². The molecule has 0 spiro atoms. The lowest BCUT2D eigenvalue weighted by Crippen LogP contribution is -2.52. The third-order valence-corrected chi connectivity index (χ3v) is 7.79. The molecule has 216 valence electrons. The van der Waals surface area contributed by atoms with Crippen LogP contribution in [0, 0.1) is 0 Å². The van der Waals surface area contributed by atoms with Crippen LogP contribution in [0.4, 0.5) is 13.2 Å². The summed E-state index contributed by atoms with van der Waals surface area (Å²) < 4.78 is 38.1. The van der Waals surface area contributed by atoms with Crippen molar-refractivity contribution >= 4 is 23.9 Å². The van der Waals surface area contributed by atoms with Crippen molar-refractivity contribution in [2.45, 2.75) is 89.8 Å². The minimum absolute atomic E-state index is 0.110. The summed E-state index contributed by atoms with van der Waals surface area (Å²) in [7, 11) is 0. The van der Waals surface area contributed by atoms with Gasteiger partial charge >= 0.3 is 11.9 Å². The van der Waals surface area contributed by atoms with Gasteiger partial charge in [-0.05, 0) is 90.6 Å². The summed E-state index contributed by atoms with van der Waals surface area (Å²) in [4.78, 5) is 26.0. The van der Waals surface area contributed by atoms with E-state index in [1.54, 1.807) is 11.2 Å². The first-order valence-corrected chi connectivity index (χ1v) is 13.7. The van der Waals surface area contributed by atoms with E-state index in [0.717, 1.165) is 41.5 Å². The molecule has 2 N–H and O–H groups in total. The Morgan fingerprint density at radius 3 is 2.58 bits per heavy atom. The molecule has 12 heteroatoms. The highest BCUT2D eigenvalue weighted by atomic mass is 19.4. The van der Waals surface area contributed by atoms with Gasteiger partial charge in [-0.2, -0.15) is 23.0 Å². The molecule has 1 atom stereocenters. The fourth-order valence-electron chi connectivity index (χ4n) is 5.39. The molecule has 1 aliphatic heterocycles. The number of amides is 1. The number of carbonyl (C=O) groups is 1. The SMILES string of the molecule is C=NN(/C=C(\C)[C@]1(C)CC(c2ccc3c(c2)CCCC3)=C(n2nn[nH]c2=O)C(=O)N1)CCCCCCC(F)(F)F. The molecule has 1 aromatic heterocycles. The van der Waals surface area contributed by atoms with Crippen molar-refractivity contribution in [1.29, 1.82) is 0 Å². The number of nitrogens with zero attached hydrogens (tertiary/aromatic N) is 5. The highest BCUT2D eigenvalue weighted by Crippen LogP contribution is 2.38. The van der Waals surface area contributed by atoms with Crippen LogP contribution < -0.4 is 11.0 Å². The van der Waals surface area contributed by atoms with Crippen LogP contribution in [0.25, 0.3) is 11.3 Å². The third-order valence-electron chi connectivity index (χ3n) is 7.79. The van der Waals surface area contributed by atoms with E-state index < -0.39 is 29.7 Å². The Hall–Kier alpha value is -3.70. The number of halogens is 3. The van der Waals surface area contributed by atoms with Gasteiger partial charge in [-0.3, -0.25) is 9.80 Å². The smallest absolute Gasteiger partial charge is 0.341 e. The van der Waals surface area contributed by atoms with E-state index in [4.69, 9.17) is 0 Å². The first kappa shape index (κ1) is 29.3. The topological polar surface area (TPSA) is 108 Å². The number of benzene rings is 1. The number of tetrazole rings is 1. The van der Waals surface area contributed by atoms with Crippen LogP contribution in [-0.2, 0) is 17.6 Å². The molecule has 2 heterocycles. The lowest BCUT2D eigenvalue weighted by Gasteiger charge is -2.38. The van der Waals surface area contributed by atoms with Crippen molar-refractivity contribution < 1.29 is 18.0 Å². The van der Waals surface area contributed by atoms with Crippen molar-refractivity contribution in [2.75, 3.05) is 6.54 Å². The van der Waals surface area contributed by atoms with E-state index in [-0.39, 0.29) is 12.1 Å². The third kappa shape index (κ3) is 6.89. The molecule has 0 saturated carbocycles. The summed E-state index contributed by atoms with van der Waals surface area (Å²) >= 11 is 0. The van der Waals surface area contributed by atoms with Crippen LogP contribution in [0.1, 0.15) is 81.9 Å². The Kier molecular flexibility index (Phi) is 8.95. The molecular formula is C28H36F3N7O2. The van der Waals surface area contributed by atoms with E-state index in [0.29, 0.717) is 37.8 Å². The zero-order valence-corrected chi connectivity index (χ0v) is 23.0.